The van der Waals surface area contributed by atoms with Crippen molar-refractivity contribution in [2.75, 3.05) is 50.7 Å². The topological polar surface area (TPSA) is 60.7 Å². The molecule has 0 radical (unpaired) electrons. The third-order valence-corrected chi connectivity index (χ3v) is 6.01. The average Bonchev–Trinajstić information content (AvgIpc) is 3.18. The smallest absolute Gasteiger partial charge is 0.191 e. The van der Waals surface area contributed by atoms with Gasteiger partial charge in [-0.2, -0.15) is 5.10 Å². The lowest BCUT2D eigenvalue weighted by atomic mass is 10.1. The van der Waals surface area contributed by atoms with E-state index in [2.05, 4.69) is 38.7 Å². The van der Waals surface area contributed by atoms with Crippen molar-refractivity contribution in [1.82, 2.24) is 25.3 Å². The predicted molar refractivity (Wildman–Crippen MR) is 122 cm³/mol. The van der Waals surface area contributed by atoms with Gasteiger partial charge in [-0.05, 0) is 65.1 Å². The fraction of sp³-hybridized carbons (Fsp3) is 0.818. The molecule has 0 saturated carbocycles. The van der Waals surface area contributed by atoms with E-state index in [-0.39, 0.29) is 0 Å². The number of aliphatic imine (C=N–C) groups is 1. The molecule has 3 heterocycles. The number of guanidine groups is 1. The van der Waals surface area contributed by atoms with Gasteiger partial charge in [0.15, 0.2) is 5.96 Å². The summed E-state index contributed by atoms with van der Waals surface area (Å²) in [5.74, 6) is 0.974. The van der Waals surface area contributed by atoms with Crippen molar-refractivity contribution in [1.29, 1.82) is 0 Å². The third-order valence-electron chi connectivity index (χ3n) is 6.01. The summed E-state index contributed by atoms with van der Waals surface area (Å²) in [5.41, 5.74) is 1.22. The van der Waals surface area contributed by atoms with Crippen LogP contribution in [0.25, 0.3) is 0 Å². The van der Waals surface area contributed by atoms with Gasteiger partial charge in [0.2, 0.25) is 0 Å². The second kappa shape index (κ2) is 12.1. The molecule has 1 atom stereocenters. The van der Waals surface area contributed by atoms with Gasteiger partial charge >= 0.3 is 0 Å². The monoisotopic (exact) mass is 403 g/mol. The molecule has 1 unspecified atom stereocenters. The lowest BCUT2D eigenvalue weighted by Crippen LogP contribution is -2.51. The van der Waals surface area contributed by atoms with E-state index in [1.807, 2.05) is 17.9 Å². The first-order chi connectivity index (χ1) is 14.2. The van der Waals surface area contributed by atoms with Gasteiger partial charge in [-0.15, -0.1) is 0 Å². The van der Waals surface area contributed by atoms with Crippen molar-refractivity contribution in [3.8, 4) is 0 Å². The maximum absolute atomic E-state index is 4.84. The highest BCUT2D eigenvalue weighted by atomic mass is 15.3. The van der Waals surface area contributed by atoms with Crippen LogP contribution in [0.1, 0.15) is 58.3 Å². The van der Waals surface area contributed by atoms with E-state index in [0.717, 1.165) is 32.1 Å². The Kier molecular flexibility index (Phi) is 9.12. The molecule has 0 aliphatic carbocycles. The predicted octanol–water partition coefficient (Wildman–Crippen LogP) is 2.60. The molecule has 164 valence electrons. The molecule has 0 amide bonds. The van der Waals surface area contributed by atoms with Crippen LogP contribution in [0.3, 0.4) is 0 Å². The summed E-state index contributed by atoms with van der Waals surface area (Å²) >= 11 is 0. The van der Waals surface area contributed by atoms with E-state index < -0.39 is 0 Å². The van der Waals surface area contributed by atoms with E-state index >= 15 is 0 Å². The number of hydrogen-bond donors (Lipinski definition) is 2. The SMILES string of the molecule is CCNC(=NCCCCCN1CCCCC1)NC1CCCN(c2cnn(C)c2)C1. The van der Waals surface area contributed by atoms with Crippen molar-refractivity contribution >= 4 is 11.6 Å². The number of unbranched alkanes of at least 4 members (excludes halogenated alkanes) is 2. The van der Waals surface area contributed by atoms with Crippen LogP contribution in [-0.4, -0.2) is 72.5 Å². The molecule has 2 aliphatic heterocycles. The van der Waals surface area contributed by atoms with E-state index in [1.165, 1.54) is 76.7 Å². The van der Waals surface area contributed by atoms with Crippen molar-refractivity contribution in [3.05, 3.63) is 12.4 Å². The lowest BCUT2D eigenvalue weighted by molar-refractivity contribution is 0.224. The highest BCUT2D eigenvalue weighted by Crippen LogP contribution is 2.19. The molecule has 0 bridgehead atoms. The minimum Gasteiger partial charge on any atom is -0.367 e. The van der Waals surface area contributed by atoms with Gasteiger partial charge in [-0.3, -0.25) is 9.67 Å². The zero-order chi connectivity index (χ0) is 20.3. The van der Waals surface area contributed by atoms with Gasteiger partial charge in [0.25, 0.3) is 0 Å². The number of nitrogens with zero attached hydrogens (tertiary/aromatic N) is 5. The standard InChI is InChI=1S/C22H41N7/c1-3-23-22(24-12-6-4-7-13-28-14-8-5-9-15-28)26-20-11-10-16-29(18-20)21-17-25-27(2)19-21/h17,19-20H,3-16,18H2,1-2H3,(H2,23,24,26). The van der Waals surface area contributed by atoms with Crippen LogP contribution in [0.15, 0.2) is 17.4 Å². The Balaban J connectivity index is 1.37. The Labute approximate surface area is 176 Å². The van der Waals surface area contributed by atoms with E-state index in [1.54, 1.807) is 0 Å². The number of rotatable bonds is 9. The highest BCUT2D eigenvalue weighted by molar-refractivity contribution is 5.80. The molecule has 7 nitrogen and oxygen atoms in total. The summed E-state index contributed by atoms with van der Waals surface area (Å²) in [6.45, 7) is 9.95. The fourth-order valence-corrected chi connectivity index (χ4v) is 4.41. The molecule has 2 aliphatic rings. The molecule has 2 N–H and O–H groups in total. The Morgan fingerprint density at radius 2 is 2.00 bits per heavy atom. The first kappa shape index (κ1) is 21.9. The second-order valence-electron chi connectivity index (χ2n) is 8.53. The van der Waals surface area contributed by atoms with Crippen LogP contribution in [0, 0.1) is 0 Å². The average molecular weight is 404 g/mol. The van der Waals surface area contributed by atoms with Crippen LogP contribution >= 0.6 is 0 Å². The summed E-state index contributed by atoms with van der Waals surface area (Å²) in [6.07, 6.45) is 14.4. The summed E-state index contributed by atoms with van der Waals surface area (Å²) in [7, 11) is 1.98. The number of hydrogen-bond acceptors (Lipinski definition) is 4. The number of anilines is 1. The number of piperidine rings is 2. The molecule has 0 aromatic carbocycles. The van der Waals surface area contributed by atoms with Gasteiger partial charge in [-0.1, -0.05) is 12.8 Å². The van der Waals surface area contributed by atoms with Crippen LogP contribution in [0.4, 0.5) is 5.69 Å². The minimum absolute atomic E-state index is 0.431. The van der Waals surface area contributed by atoms with Crippen molar-refractivity contribution in [2.45, 2.75) is 64.3 Å². The molecule has 7 heteroatoms. The Bertz CT molecular complexity index is 606. The van der Waals surface area contributed by atoms with Crippen LogP contribution in [0.2, 0.25) is 0 Å². The van der Waals surface area contributed by atoms with Gasteiger partial charge in [-0.25, -0.2) is 0 Å². The van der Waals surface area contributed by atoms with Gasteiger partial charge < -0.3 is 20.4 Å². The quantitative estimate of drug-likeness (QED) is 0.377. The van der Waals surface area contributed by atoms with Crippen LogP contribution < -0.4 is 15.5 Å². The molecular formula is C22H41N7. The van der Waals surface area contributed by atoms with Crippen LogP contribution in [0.5, 0.6) is 0 Å². The highest BCUT2D eigenvalue weighted by Gasteiger charge is 2.21. The zero-order valence-electron chi connectivity index (χ0n) is 18.6. The first-order valence-electron chi connectivity index (χ1n) is 11.8. The van der Waals surface area contributed by atoms with Crippen LogP contribution in [-0.2, 0) is 7.05 Å². The van der Waals surface area contributed by atoms with Crippen molar-refractivity contribution < 1.29 is 0 Å². The summed E-state index contributed by atoms with van der Waals surface area (Å²) in [6, 6.07) is 0.431. The Morgan fingerprint density at radius 3 is 2.76 bits per heavy atom. The molecule has 29 heavy (non-hydrogen) atoms. The second-order valence-corrected chi connectivity index (χ2v) is 8.53. The Morgan fingerprint density at radius 1 is 1.14 bits per heavy atom. The fourth-order valence-electron chi connectivity index (χ4n) is 4.41. The first-order valence-corrected chi connectivity index (χ1v) is 11.8. The minimum atomic E-state index is 0.431. The largest absolute Gasteiger partial charge is 0.367 e. The summed E-state index contributed by atoms with van der Waals surface area (Å²) in [4.78, 5) is 9.90. The normalized spacial score (nSPS) is 21.4. The molecule has 0 spiro atoms. The molecular weight excluding hydrogens is 362 g/mol. The van der Waals surface area contributed by atoms with E-state index in [9.17, 15) is 0 Å². The lowest BCUT2D eigenvalue weighted by Gasteiger charge is -2.34. The Hall–Kier alpha value is -1.76. The number of aromatic nitrogens is 2. The van der Waals surface area contributed by atoms with E-state index in [0.29, 0.717) is 6.04 Å². The zero-order valence-corrected chi connectivity index (χ0v) is 18.6. The number of aryl methyl sites for hydroxylation is 1. The third kappa shape index (κ3) is 7.53. The van der Waals surface area contributed by atoms with E-state index in [4.69, 9.17) is 4.99 Å². The molecule has 2 saturated heterocycles. The summed E-state index contributed by atoms with van der Waals surface area (Å²) < 4.78 is 1.88. The summed E-state index contributed by atoms with van der Waals surface area (Å²) in [5, 5.41) is 11.4. The molecule has 2 fully saturated rings. The van der Waals surface area contributed by atoms with Crippen molar-refractivity contribution in [2.24, 2.45) is 12.0 Å². The molecule has 1 aromatic heterocycles. The molecule has 1 aromatic rings. The van der Waals surface area contributed by atoms with Crippen molar-refractivity contribution in [3.63, 3.8) is 0 Å². The van der Waals surface area contributed by atoms with Gasteiger partial charge in [0, 0.05) is 45.5 Å². The molecule has 3 rings (SSSR count). The number of nitrogens with one attached hydrogen (secondary N) is 2. The number of likely N-dealkylation sites (tertiary alicyclic amines) is 1. The maximum atomic E-state index is 4.84. The van der Waals surface area contributed by atoms with Gasteiger partial charge in [0.1, 0.15) is 0 Å². The maximum Gasteiger partial charge on any atom is 0.191 e. The van der Waals surface area contributed by atoms with Gasteiger partial charge in [0.05, 0.1) is 11.9 Å².